The number of benzene rings is 1. The van der Waals surface area contributed by atoms with Crippen LogP contribution in [0.25, 0.3) is 0 Å². The van der Waals surface area contributed by atoms with Crippen molar-refractivity contribution in [1.29, 1.82) is 0 Å². The molecule has 1 atom stereocenters. The summed E-state index contributed by atoms with van der Waals surface area (Å²) in [5.74, 6) is 0.330. The van der Waals surface area contributed by atoms with Gasteiger partial charge in [-0.05, 0) is 50.5 Å². The van der Waals surface area contributed by atoms with E-state index < -0.39 is 10.0 Å². The van der Waals surface area contributed by atoms with Crippen LogP contribution in [0.2, 0.25) is 0 Å². The van der Waals surface area contributed by atoms with E-state index in [0.29, 0.717) is 5.75 Å². The van der Waals surface area contributed by atoms with Gasteiger partial charge in [-0.1, -0.05) is 19.8 Å². The Kier molecular flexibility index (Phi) is 6.62. The molecule has 1 aromatic carbocycles. The molecule has 1 fully saturated rings. The zero-order valence-corrected chi connectivity index (χ0v) is 15.1. The zero-order valence-electron chi connectivity index (χ0n) is 14.2. The number of hydrogen-bond donors (Lipinski definition) is 2. The van der Waals surface area contributed by atoms with Crippen molar-refractivity contribution in [2.45, 2.75) is 62.9 Å². The van der Waals surface area contributed by atoms with Crippen molar-refractivity contribution in [2.75, 3.05) is 6.61 Å². The van der Waals surface area contributed by atoms with Crippen molar-refractivity contribution in [3.63, 3.8) is 0 Å². The van der Waals surface area contributed by atoms with Gasteiger partial charge in [0, 0.05) is 12.1 Å². The third-order valence-corrected chi connectivity index (χ3v) is 5.80. The van der Waals surface area contributed by atoms with Crippen molar-refractivity contribution in [2.24, 2.45) is 0 Å². The van der Waals surface area contributed by atoms with Crippen molar-refractivity contribution < 1.29 is 17.9 Å². The fourth-order valence-electron chi connectivity index (χ4n) is 2.62. The standard InChI is InChI=1S/C17H26N2O4S/c1-3-13(2)19-24(21,22)16-10-8-15(9-11-16)23-12-17(20)18-14-6-4-5-7-14/h8-11,13-14,19H,3-7,12H2,1-2H3,(H,18,20)/t13-/m0/s1. The second-order valence-corrected chi connectivity index (χ2v) is 7.95. The van der Waals surface area contributed by atoms with Gasteiger partial charge in [-0.15, -0.1) is 0 Å². The van der Waals surface area contributed by atoms with Crippen LogP contribution in [0.3, 0.4) is 0 Å². The molecule has 2 rings (SSSR count). The number of nitrogens with one attached hydrogen (secondary N) is 2. The van der Waals surface area contributed by atoms with Crippen molar-refractivity contribution in [1.82, 2.24) is 10.0 Å². The molecule has 134 valence electrons. The van der Waals surface area contributed by atoms with Crippen LogP contribution in [0, 0.1) is 0 Å². The largest absolute Gasteiger partial charge is 0.484 e. The van der Waals surface area contributed by atoms with Gasteiger partial charge >= 0.3 is 0 Å². The van der Waals surface area contributed by atoms with E-state index in [4.69, 9.17) is 4.74 Å². The highest BCUT2D eigenvalue weighted by Crippen LogP contribution is 2.18. The van der Waals surface area contributed by atoms with Gasteiger partial charge in [-0.2, -0.15) is 0 Å². The van der Waals surface area contributed by atoms with E-state index in [1.54, 1.807) is 12.1 Å². The van der Waals surface area contributed by atoms with Crippen LogP contribution in [0.5, 0.6) is 5.75 Å². The molecule has 0 bridgehead atoms. The maximum Gasteiger partial charge on any atom is 0.258 e. The molecule has 7 heteroatoms. The number of carbonyl (C=O) groups is 1. The normalized spacial score (nSPS) is 16.8. The van der Waals surface area contributed by atoms with Crippen molar-refractivity contribution >= 4 is 15.9 Å². The van der Waals surface area contributed by atoms with Crippen LogP contribution in [0.1, 0.15) is 46.0 Å². The molecular weight excluding hydrogens is 328 g/mol. The number of ether oxygens (including phenoxy) is 1. The third kappa shape index (κ3) is 5.49. The highest BCUT2D eigenvalue weighted by molar-refractivity contribution is 7.89. The topological polar surface area (TPSA) is 84.5 Å². The Bertz CT molecular complexity index is 637. The number of carbonyl (C=O) groups excluding carboxylic acids is 1. The molecule has 1 aliphatic carbocycles. The molecule has 0 heterocycles. The fraction of sp³-hybridized carbons (Fsp3) is 0.588. The van der Waals surface area contributed by atoms with Crippen LogP contribution < -0.4 is 14.8 Å². The first-order valence-corrected chi connectivity index (χ1v) is 9.93. The predicted molar refractivity (Wildman–Crippen MR) is 92.4 cm³/mol. The maximum atomic E-state index is 12.2. The fourth-order valence-corrected chi connectivity index (χ4v) is 3.95. The smallest absolute Gasteiger partial charge is 0.258 e. The molecule has 0 unspecified atom stereocenters. The SMILES string of the molecule is CC[C@H](C)NS(=O)(=O)c1ccc(OCC(=O)NC2CCCC2)cc1. The molecule has 1 aliphatic rings. The Labute approximate surface area is 144 Å². The summed E-state index contributed by atoms with van der Waals surface area (Å²) in [5.41, 5.74) is 0. The summed E-state index contributed by atoms with van der Waals surface area (Å²) in [6.45, 7) is 3.67. The summed E-state index contributed by atoms with van der Waals surface area (Å²) in [6.07, 6.45) is 5.10. The van der Waals surface area contributed by atoms with Crippen LogP contribution in [0.15, 0.2) is 29.2 Å². The summed E-state index contributed by atoms with van der Waals surface area (Å²) >= 11 is 0. The lowest BCUT2D eigenvalue weighted by atomic mass is 10.2. The number of hydrogen-bond acceptors (Lipinski definition) is 4. The molecule has 1 aromatic rings. The minimum absolute atomic E-state index is 0.0618. The Morgan fingerprint density at radius 3 is 2.46 bits per heavy atom. The molecule has 0 aliphatic heterocycles. The highest BCUT2D eigenvalue weighted by atomic mass is 32.2. The van der Waals surface area contributed by atoms with E-state index >= 15 is 0 Å². The summed E-state index contributed by atoms with van der Waals surface area (Å²) < 4.78 is 32.3. The van der Waals surface area contributed by atoms with Crippen LogP contribution in [-0.4, -0.2) is 33.0 Å². The minimum Gasteiger partial charge on any atom is -0.484 e. The van der Waals surface area contributed by atoms with E-state index in [1.807, 2.05) is 13.8 Å². The first kappa shape index (κ1) is 18.7. The average Bonchev–Trinajstić information content (AvgIpc) is 3.05. The quantitative estimate of drug-likeness (QED) is 0.749. The summed E-state index contributed by atoms with van der Waals surface area (Å²) in [7, 11) is -3.52. The van der Waals surface area contributed by atoms with Gasteiger partial charge in [0.05, 0.1) is 4.90 Å². The molecule has 1 amide bonds. The van der Waals surface area contributed by atoms with Gasteiger partial charge in [0.25, 0.3) is 5.91 Å². The Hall–Kier alpha value is -1.60. The molecule has 24 heavy (non-hydrogen) atoms. The van der Waals surface area contributed by atoms with Crippen LogP contribution >= 0.6 is 0 Å². The van der Waals surface area contributed by atoms with Crippen LogP contribution in [0.4, 0.5) is 0 Å². The second-order valence-electron chi connectivity index (χ2n) is 6.24. The van der Waals surface area contributed by atoms with Crippen LogP contribution in [-0.2, 0) is 14.8 Å². The summed E-state index contributed by atoms with van der Waals surface area (Å²) in [6, 6.07) is 6.23. The minimum atomic E-state index is -3.52. The summed E-state index contributed by atoms with van der Waals surface area (Å²) in [4.78, 5) is 12.0. The van der Waals surface area contributed by atoms with Gasteiger partial charge in [0.2, 0.25) is 10.0 Å². The number of sulfonamides is 1. The highest BCUT2D eigenvalue weighted by Gasteiger charge is 2.18. The number of amides is 1. The summed E-state index contributed by atoms with van der Waals surface area (Å²) in [5, 5.41) is 2.94. The molecule has 0 saturated heterocycles. The van der Waals surface area contributed by atoms with Gasteiger partial charge in [-0.25, -0.2) is 13.1 Å². The Morgan fingerprint density at radius 2 is 1.88 bits per heavy atom. The number of rotatable bonds is 8. The lowest BCUT2D eigenvalue weighted by molar-refractivity contribution is -0.123. The lowest BCUT2D eigenvalue weighted by Gasteiger charge is -2.13. The van der Waals surface area contributed by atoms with Crippen molar-refractivity contribution in [3.05, 3.63) is 24.3 Å². The van der Waals surface area contributed by atoms with E-state index in [2.05, 4.69) is 10.0 Å². The van der Waals surface area contributed by atoms with E-state index in [9.17, 15) is 13.2 Å². The maximum absolute atomic E-state index is 12.2. The second kappa shape index (κ2) is 8.48. The average molecular weight is 354 g/mol. The van der Waals surface area contributed by atoms with Gasteiger partial charge < -0.3 is 10.1 Å². The molecule has 2 N–H and O–H groups in total. The third-order valence-electron chi connectivity index (χ3n) is 4.19. The first-order chi connectivity index (χ1) is 11.4. The monoisotopic (exact) mass is 354 g/mol. The molecule has 0 spiro atoms. The molecule has 0 aromatic heterocycles. The Morgan fingerprint density at radius 1 is 1.25 bits per heavy atom. The van der Waals surface area contributed by atoms with E-state index in [-0.39, 0.29) is 29.5 Å². The predicted octanol–water partition coefficient (Wildman–Crippen LogP) is 2.20. The van der Waals surface area contributed by atoms with Gasteiger partial charge in [0.15, 0.2) is 6.61 Å². The molecule has 1 saturated carbocycles. The van der Waals surface area contributed by atoms with Gasteiger partial charge in [0.1, 0.15) is 5.75 Å². The molecular formula is C17H26N2O4S. The van der Waals surface area contributed by atoms with E-state index in [1.165, 1.54) is 12.1 Å². The molecule has 6 nitrogen and oxygen atoms in total. The zero-order chi connectivity index (χ0) is 17.6. The lowest BCUT2D eigenvalue weighted by Crippen LogP contribution is -2.36. The van der Waals surface area contributed by atoms with Crippen molar-refractivity contribution in [3.8, 4) is 5.75 Å². The molecule has 0 radical (unpaired) electrons. The van der Waals surface area contributed by atoms with Gasteiger partial charge in [-0.3, -0.25) is 4.79 Å². The Balaban J connectivity index is 1.86. The first-order valence-electron chi connectivity index (χ1n) is 8.45. The van der Waals surface area contributed by atoms with E-state index in [0.717, 1.165) is 32.1 Å².